The molecule has 0 spiro atoms. The summed E-state index contributed by atoms with van der Waals surface area (Å²) in [5.74, 6) is -0.650. The van der Waals surface area contributed by atoms with Crippen LogP contribution in [0.2, 0.25) is 0 Å². The lowest BCUT2D eigenvalue weighted by Gasteiger charge is -2.14. The maximum atomic E-state index is 13.0. The van der Waals surface area contributed by atoms with E-state index in [1.54, 1.807) is 0 Å². The van der Waals surface area contributed by atoms with Crippen molar-refractivity contribution in [1.82, 2.24) is 0 Å². The van der Waals surface area contributed by atoms with Gasteiger partial charge in [-0.3, -0.25) is 0 Å². The molecule has 0 radical (unpaired) electrons. The van der Waals surface area contributed by atoms with Crippen LogP contribution < -0.4 is 11.5 Å². The van der Waals surface area contributed by atoms with Crippen LogP contribution >= 0.6 is 12.4 Å². The minimum absolute atomic E-state index is 0. The van der Waals surface area contributed by atoms with Crippen LogP contribution in [0.15, 0.2) is 24.3 Å². The van der Waals surface area contributed by atoms with Gasteiger partial charge in [0.05, 0.1) is 5.69 Å². The first-order chi connectivity index (χ1) is 6.91. The Morgan fingerprint density at radius 3 is 2.62 bits per heavy atom. The molecule has 0 amide bonds. The molecular weight excluding hydrogens is 231 g/mol. The Bertz CT molecular complexity index is 396. The first-order valence-corrected chi connectivity index (χ1v) is 4.59. The minimum Gasteiger partial charge on any atom is -0.505 e. The zero-order valence-corrected chi connectivity index (χ0v) is 9.85. The Labute approximate surface area is 100 Å². The molecule has 0 heterocycles. The van der Waals surface area contributed by atoms with Crippen LogP contribution in [0.5, 0.6) is 5.75 Å². The van der Waals surface area contributed by atoms with Crippen LogP contribution in [0.1, 0.15) is 24.9 Å². The summed E-state index contributed by atoms with van der Waals surface area (Å²) in [6.45, 7) is 5.53. The fourth-order valence-corrected chi connectivity index (χ4v) is 1.41. The lowest BCUT2D eigenvalue weighted by Crippen LogP contribution is -2.11. The first kappa shape index (κ1) is 14.7. The van der Waals surface area contributed by atoms with E-state index < -0.39 is 11.9 Å². The monoisotopic (exact) mass is 246 g/mol. The van der Waals surface area contributed by atoms with Gasteiger partial charge in [-0.15, -0.1) is 19.0 Å². The number of benzene rings is 1. The van der Waals surface area contributed by atoms with Gasteiger partial charge in [-0.2, -0.15) is 0 Å². The molecule has 0 aliphatic heterocycles. The van der Waals surface area contributed by atoms with Crippen molar-refractivity contribution in [3.05, 3.63) is 35.7 Å². The average Bonchev–Trinajstić information content (AvgIpc) is 2.09. The second-order valence-corrected chi connectivity index (χ2v) is 3.70. The molecular formula is C11H16ClFN2O. The Balaban J connectivity index is 0.00000225. The second-order valence-electron chi connectivity index (χ2n) is 3.70. The number of rotatable bonds is 3. The molecule has 0 unspecified atom stereocenters. The third kappa shape index (κ3) is 3.40. The summed E-state index contributed by atoms with van der Waals surface area (Å²) in [6.07, 6.45) is 0.483. The van der Waals surface area contributed by atoms with Gasteiger partial charge in [0.2, 0.25) is 0 Å². The molecule has 1 aromatic carbocycles. The zero-order valence-electron chi connectivity index (χ0n) is 9.03. The molecule has 1 atom stereocenters. The van der Waals surface area contributed by atoms with Crippen molar-refractivity contribution in [1.29, 1.82) is 0 Å². The van der Waals surface area contributed by atoms with Gasteiger partial charge in [0.1, 0.15) is 11.6 Å². The molecule has 0 saturated carbocycles. The number of anilines is 1. The maximum absolute atomic E-state index is 13.0. The standard InChI is InChI=1S/C11H15FN2O.ClH/c1-6(2)3-9(13)8-4-7(12)5-10(14)11(8)15;/h4-5,9,15H,1,3,13-14H2,2H3;1H/t9-;/m1./s1. The largest absolute Gasteiger partial charge is 0.505 e. The fraction of sp³-hybridized carbons (Fsp3) is 0.273. The maximum Gasteiger partial charge on any atom is 0.143 e. The predicted octanol–water partition coefficient (Wildman–Crippen LogP) is 2.50. The number of nitrogen functional groups attached to an aromatic ring is 1. The molecule has 0 bridgehead atoms. The quantitative estimate of drug-likeness (QED) is 0.436. The third-order valence-corrected chi connectivity index (χ3v) is 2.10. The minimum atomic E-state index is -0.502. The van der Waals surface area contributed by atoms with Crippen molar-refractivity contribution in [2.45, 2.75) is 19.4 Å². The number of hydrogen-bond acceptors (Lipinski definition) is 3. The summed E-state index contributed by atoms with van der Waals surface area (Å²) < 4.78 is 13.0. The van der Waals surface area contributed by atoms with Crippen molar-refractivity contribution in [3.63, 3.8) is 0 Å². The lowest BCUT2D eigenvalue weighted by atomic mass is 9.99. The molecule has 1 rings (SSSR count). The van der Waals surface area contributed by atoms with Crippen molar-refractivity contribution < 1.29 is 9.50 Å². The van der Waals surface area contributed by atoms with Crippen LogP contribution in [-0.4, -0.2) is 5.11 Å². The van der Waals surface area contributed by atoms with Gasteiger partial charge in [0, 0.05) is 17.7 Å². The molecule has 16 heavy (non-hydrogen) atoms. The zero-order chi connectivity index (χ0) is 11.6. The summed E-state index contributed by atoms with van der Waals surface area (Å²) in [5.41, 5.74) is 12.4. The third-order valence-electron chi connectivity index (χ3n) is 2.10. The van der Waals surface area contributed by atoms with Crippen LogP contribution in [0.3, 0.4) is 0 Å². The van der Waals surface area contributed by atoms with Crippen molar-refractivity contribution >= 4 is 18.1 Å². The van der Waals surface area contributed by atoms with Crippen LogP contribution in [0.4, 0.5) is 10.1 Å². The topological polar surface area (TPSA) is 72.3 Å². The Morgan fingerprint density at radius 2 is 2.12 bits per heavy atom. The van der Waals surface area contributed by atoms with E-state index in [4.69, 9.17) is 11.5 Å². The van der Waals surface area contributed by atoms with E-state index in [0.29, 0.717) is 12.0 Å². The highest BCUT2D eigenvalue weighted by Crippen LogP contribution is 2.32. The number of aromatic hydroxyl groups is 1. The van der Waals surface area contributed by atoms with Crippen LogP contribution in [0.25, 0.3) is 0 Å². The van der Waals surface area contributed by atoms with Gasteiger partial charge in [-0.1, -0.05) is 5.57 Å². The number of phenols is 1. The van der Waals surface area contributed by atoms with Crippen molar-refractivity contribution in [2.75, 3.05) is 5.73 Å². The molecule has 3 nitrogen and oxygen atoms in total. The Kier molecular flexibility index (Phi) is 5.27. The molecule has 5 heteroatoms. The Hall–Kier alpha value is -1.26. The van der Waals surface area contributed by atoms with Crippen molar-refractivity contribution in [3.8, 4) is 5.75 Å². The first-order valence-electron chi connectivity index (χ1n) is 4.59. The normalized spacial score (nSPS) is 11.7. The summed E-state index contributed by atoms with van der Waals surface area (Å²) >= 11 is 0. The molecule has 0 saturated heterocycles. The highest BCUT2D eigenvalue weighted by atomic mass is 35.5. The summed E-state index contributed by atoms with van der Waals surface area (Å²) in [7, 11) is 0. The smallest absolute Gasteiger partial charge is 0.143 e. The van der Waals surface area contributed by atoms with Crippen molar-refractivity contribution in [2.24, 2.45) is 5.73 Å². The molecule has 0 fully saturated rings. The summed E-state index contributed by atoms with van der Waals surface area (Å²) in [5, 5.41) is 9.60. The molecule has 0 aliphatic carbocycles. The number of halogens is 2. The molecule has 1 aromatic rings. The van der Waals surface area contributed by atoms with E-state index in [2.05, 4.69) is 6.58 Å². The highest BCUT2D eigenvalue weighted by molar-refractivity contribution is 5.85. The van der Waals surface area contributed by atoms with E-state index >= 15 is 0 Å². The lowest BCUT2D eigenvalue weighted by molar-refractivity contribution is 0.461. The number of phenolic OH excluding ortho intramolecular Hbond substituents is 1. The predicted molar refractivity (Wildman–Crippen MR) is 66.1 cm³/mol. The van der Waals surface area contributed by atoms with Crippen LogP contribution in [-0.2, 0) is 0 Å². The molecule has 5 N–H and O–H groups in total. The average molecular weight is 247 g/mol. The van der Waals surface area contributed by atoms with Crippen LogP contribution in [0, 0.1) is 5.82 Å². The van der Waals surface area contributed by atoms with E-state index in [1.165, 1.54) is 6.07 Å². The molecule has 0 aliphatic rings. The highest BCUT2D eigenvalue weighted by Gasteiger charge is 2.14. The van der Waals surface area contributed by atoms with Gasteiger partial charge < -0.3 is 16.6 Å². The molecule has 90 valence electrons. The van der Waals surface area contributed by atoms with Gasteiger partial charge in [0.25, 0.3) is 0 Å². The molecule has 0 aromatic heterocycles. The number of nitrogens with two attached hydrogens (primary N) is 2. The number of hydrogen-bond donors (Lipinski definition) is 3. The van der Waals surface area contributed by atoms with Gasteiger partial charge in [0.15, 0.2) is 0 Å². The van der Waals surface area contributed by atoms with E-state index in [1.807, 2.05) is 6.92 Å². The summed E-state index contributed by atoms with van der Waals surface area (Å²) in [6, 6.07) is 1.77. The van der Waals surface area contributed by atoms with Gasteiger partial charge in [-0.25, -0.2) is 4.39 Å². The van der Waals surface area contributed by atoms with E-state index in [9.17, 15) is 9.50 Å². The van der Waals surface area contributed by atoms with E-state index in [0.717, 1.165) is 11.6 Å². The van der Waals surface area contributed by atoms with Gasteiger partial charge in [-0.05, 0) is 19.4 Å². The Morgan fingerprint density at radius 1 is 1.56 bits per heavy atom. The fourth-order valence-electron chi connectivity index (χ4n) is 1.41. The second kappa shape index (κ2) is 5.72. The SMILES string of the molecule is C=C(C)C[C@@H](N)c1cc(F)cc(N)c1O.Cl. The summed E-state index contributed by atoms with van der Waals surface area (Å²) in [4.78, 5) is 0. The van der Waals surface area contributed by atoms with E-state index in [-0.39, 0.29) is 23.8 Å². The van der Waals surface area contributed by atoms with Gasteiger partial charge >= 0.3 is 0 Å².